The minimum absolute atomic E-state index is 0.249. The van der Waals surface area contributed by atoms with Gasteiger partial charge in [-0.2, -0.15) is 0 Å². The number of hydrogen-bond acceptors (Lipinski definition) is 1. The van der Waals surface area contributed by atoms with Crippen LogP contribution in [-0.2, 0) is 4.74 Å². The molecule has 0 radical (unpaired) electrons. The molecule has 0 saturated heterocycles. The maximum Gasteiger partial charge on any atom is 0.134 e. The smallest absolute Gasteiger partial charge is 0.134 e. The van der Waals surface area contributed by atoms with Gasteiger partial charge in [0.1, 0.15) is 4.11 Å². The van der Waals surface area contributed by atoms with Crippen molar-refractivity contribution in [3.8, 4) is 0 Å². The lowest BCUT2D eigenvalue weighted by Crippen LogP contribution is -1.86. The summed E-state index contributed by atoms with van der Waals surface area (Å²) < 4.78 is 5.87. The predicted octanol–water partition coefficient (Wildman–Crippen LogP) is 3.21. The Kier molecular flexibility index (Phi) is 1.89. The highest BCUT2D eigenvalue weighted by Crippen LogP contribution is 2.41. The second-order valence-electron chi connectivity index (χ2n) is 2.72. The quantitative estimate of drug-likeness (QED) is 0.514. The summed E-state index contributed by atoms with van der Waals surface area (Å²) in [6.45, 7) is 2.09. The van der Waals surface area contributed by atoms with E-state index in [1.807, 2.05) is 0 Å². The van der Waals surface area contributed by atoms with Gasteiger partial charge in [-0.25, -0.2) is 0 Å². The van der Waals surface area contributed by atoms with E-state index in [0.717, 1.165) is 0 Å². The summed E-state index contributed by atoms with van der Waals surface area (Å²) in [4.78, 5) is 0. The fourth-order valence-electron chi connectivity index (χ4n) is 1.41. The number of alkyl halides is 1. The molecule has 1 aromatic rings. The lowest BCUT2D eigenvalue weighted by Gasteiger charge is -2.02. The highest BCUT2D eigenvalue weighted by atomic mass is 127. The van der Waals surface area contributed by atoms with E-state index in [0.29, 0.717) is 0 Å². The van der Waals surface area contributed by atoms with Crippen LogP contribution in [0.15, 0.2) is 24.3 Å². The predicted molar refractivity (Wildman–Crippen MR) is 52.7 cm³/mol. The Morgan fingerprint density at radius 3 is 2.55 bits per heavy atom. The standard InChI is InChI=1S/C9H9IO/c1-6-7-4-2-3-5-8(7)9(10)11-6/h2-6,9H,1H3. The molecule has 0 aromatic heterocycles. The molecule has 0 saturated carbocycles. The molecule has 2 unspecified atom stereocenters. The molecule has 0 fully saturated rings. The molecule has 0 spiro atoms. The highest BCUT2D eigenvalue weighted by Gasteiger charge is 2.25. The number of halogens is 1. The molecular formula is C9H9IO. The maximum atomic E-state index is 5.62. The van der Waals surface area contributed by atoms with E-state index >= 15 is 0 Å². The Labute approximate surface area is 79.9 Å². The highest BCUT2D eigenvalue weighted by molar-refractivity contribution is 14.1. The van der Waals surface area contributed by atoms with Crippen LogP contribution in [0.4, 0.5) is 0 Å². The van der Waals surface area contributed by atoms with Crippen molar-refractivity contribution < 1.29 is 4.74 Å². The normalized spacial score (nSPS) is 28.5. The molecule has 0 amide bonds. The molecule has 0 bridgehead atoms. The van der Waals surface area contributed by atoms with Gasteiger partial charge in [0, 0.05) is 0 Å². The van der Waals surface area contributed by atoms with Crippen LogP contribution in [0.1, 0.15) is 28.3 Å². The largest absolute Gasteiger partial charge is 0.355 e. The molecule has 2 atom stereocenters. The van der Waals surface area contributed by atoms with E-state index in [-0.39, 0.29) is 10.2 Å². The number of fused-ring (bicyclic) bond motifs is 1. The fourth-order valence-corrected chi connectivity index (χ4v) is 2.42. The summed E-state index contributed by atoms with van der Waals surface area (Å²) in [5.74, 6) is 0. The summed E-state index contributed by atoms with van der Waals surface area (Å²) in [6.07, 6.45) is 0.271. The second kappa shape index (κ2) is 2.75. The molecular weight excluding hydrogens is 251 g/mol. The fraction of sp³-hybridized carbons (Fsp3) is 0.333. The van der Waals surface area contributed by atoms with Crippen molar-refractivity contribution in [2.24, 2.45) is 0 Å². The van der Waals surface area contributed by atoms with Crippen LogP contribution in [0.5, 0.6) is 0 Å². The van der Waals surface area contributed by atoms with E-state index in [9.17, 15) is 0 Å². The summed E-state index contributed by atoms with van der Waals surface area (Å²) in [6, 6.07) is 8.40. The molecule has 1 aliphatic rings. The van der Waals surface area contributed by atoms with Crippen molar-refractivity contribution in [2.75, 3.05) is 0 Å². The van der Waals surface area contributed by atoms with Gasteiger partial charge in [-0.3, -0.25) is 0 Å². The first-order valence-corrected chi connectivity index (χ1v) is 4.92. The van der Waals surface area contributed by atoms with Gasteiger partial charge in [0.05, 0.1) is 6.10 Å². The van der Waals surface area contributed by atoms with Gasteiger partial charge < -0.3 is 4.74 Å². The zero-order chi connectivity index (χ0) is 7.84. The van der Waals surface area contributed by atoms with Crippen molar-refractivity contribution in [3.63, 3.8) is 0 Å². The third kappa shape index (κ3) is 1.18. The average Bonchev–Trinajstić information content (AvgIpc) is 2.30. The molecule has 2 rings (SSSR count). The van der Waals surface area contributed by atoms with Crippen LogP contribution in [-0.4, -0.2) is 0 Å². The number of rotatable bonds is 0. The first-order chi connectivity index (χ1) is 5.29. The van der Waals surface area contributed by atoms with E-state index < -0.39 is 0 Å². The molecule has 11 heavy (non-hydrogen) atoms. The van der Waals surface area contributed by atoms with E-state index in [1.54, 1.807) is 0 Å². The van der Waals surface area contributed by atoms with Crippen LogP contribution in [0.25, 0.3) is 0 Å². The summed E-state index contributed by atoms with van der Waals surface area (Å²) in [5, 5.41) is 0. The molecule has 0 N–H and O–H groups in total. The van der Waals surface area contributed by atoms with Crippen molar-refractivity contribution in [1.82, 2.24) is 0 Å². The molecule has 58 valence electrons. The van der Waals surface area contributed by atoms with Gasteiger partial charge in [-0.05, 0) is 40.6 Å². The Bertz CT molecular complexity index is 245. The first-order valence-electron chi connectivity index (χ1n) is 3.67. The monoisotopic (exact) mass is 260 g/mol. The van der Waals surface area contributed by atoms with E-state index in [4.69, 9.17) is 4.74 Å². The molecule has 1 nitrogen and oxygen atoms in total. The van der Waals surface area contributed by atoms with Crippen molar-refractivity contribution in [1.29, 1.82) is 0 Å². The zero-order valence-corrected chi connectivity index (χ0v) is 8.41. The molecule has 2 heteroatoms. The van der Waals surface area contributed by atoms with Gasteiger partial charge in [0.2, 0.25) is 0 Å². The summed E-state index contributed by atoms with van der Waals surface area (Å²) >= 11 is 2.32. The number of hydrogen-bond donors (Lipinski definition) is 0. The van der Waals surface area contributed by atoms with Gasteiger partial charge in [-0.1, -0.05) is 24.3 Å². The molecule has 1 aliphatic heterocycles. The van der Waals surface area contributed by atoms with Gasteiger partial charge in [-0.15, -0.1) is 0 Å². The van der Waals surface area contributed by atoms with Crippen LogP contribution in [0.3, 0.4) is 0 Å². The van der Waals surface area contributed by atoms with Gasteiger partial charge in [0.15, 0.2) is 0 Å². The molecule has 1 aromatic carbocycles. The zero-order valence-electron chi connectivity index (χ0n) is 6.25. The van der Waals surface area contributed by atoms with Crippen molar-refractivity contribution in [2.45, 2.75) is 17.1 Å². The maximum absolute atomic E-state index is 5.62. The van der Waals surface area contributed by atoms with E-state index in [2.05, 4.69) is 53.8 Å². The molecule has 0 aliphatic carbocycles. The lowest BCUT2D eigenvalue weighted by molar-refractivity contribution is 0.0826. The Balaban J connectivity index is 2.52. The molecule has 1 heterocycles. The average molecular weight is 260 g/mol. The Morgan fingerprint density at radius 1 is 1.27 bits per heavy atom. The summed E-state index contributed by atoms with van der Waals surface area (Å²) in [5.41, 5.74) is 2.67. The van der Waals surface area contributed by atoms with Crippen LogP contribution in [0, 0.1) is 0 Å². The number of ether oxygens (including phenoxy) is 1. The Hall–Kier alpha value is -0.0900. The second-order valence-corrected chi connectivity index (χ2v) is 3.85. The van der Waals surface area contributed by atoms with Crippen LogP contribution >= 0.6 is 22.6 Å². The van der Waals surface area contributed by atoms with Gasteiger partial charge in [0.25, 0.3) is 0 Å². The van der Waals surface area contributed by atoms with Gasteiger partial charge >= 0.3 is 0 Å². The topological polar surface area (TPSA) is 9.23 Å². The minimum atomic E-state index is 0.249. The third-order valence-electron chi connectivity index (χ3n) is 2.00. The summed E-state index contributed by atoms with van der Waals surface area (Å²) in [7, 11) is 0. The van der Waals surface area contributed by atoms with Crippen LogP contribution < -0.4 is 0 Å². The minimum Gasteiger partial charge on any atom is -0.355 e. The van der Waals surface area contributed by atoms with Crippen molar-refractivity contribution in [3.05, 3.63) is 35.4 Å². The number of benzene rings is 1. The van der Waals surface area contributed by atoms with Crippen molar-refractivity contribution >= 4 is 22.6 Å². The van der Waals surface area contributed by atoms with E-state index in [1.165, 1.54) is 11.1 Å². The lowest BCUT2D eigenvalue weighted by atomic mass is 10.1. The Morgan fingerprint density at radius 2 is 1.91 bits per heavy atom. The van der Waals surface area contributed by atoms with Crippen LogP contribution in [0.2, 0.25) is 0 Å². The first kappa shape index (κ1) is 7.55. The SMILES string of the molecule is CC1OC(I)c2ccccc21. The third-order valence-corrected chi connectivity index (χ3v) is 2.97.